The van der Waals surface area contributed by atoms with Crippen LogP contribution in [0, 0.1) is 6.92 Å². The van der Waals surface area contributed by atoms with Crippen molar-refractivity contribution < 1.29 is 4.79 Å². The fourth-order valence-corrected chi connectivity index (χ4v) is 4.56. The van der Waals surface area contributed by atoms with Crippen molar-refractivity contribution >= 4 is 35.1 Å². The lowest BCUT2D eigenvalue weighted by molar-refractivity contribution is 0.0954. The summed E-state index contributed by atoms with van der Waals surface area (Å²) in [4.78, 5) is 12.1. The molecule has 0 aliphatic carbocycles. The number of anilines is 1. The van der Waals surface area contributed by atoms with E-state index in [0.717, 1.165) is 17.9 Å². The Hall–Kier alpha value is -0.810. The van der Waals surface area contributed by atoms with Gasteiger partial charge in [0.1, 0.15) is 0 Å². The van der Waals surface area contributed by atoms with Crippen molar-refractivity contribution in [3.8, 4) is 0 Å². The van der Waals surface area contributed by atoms with Crippen molar-refractivity contribution in [1.82, 2.24) is 5.32 Å². The van der Waals surface area contributed by atoms with Crippen LogP contribution in [0.3, 0.4) is 0 Å². The highest BCUT2D eigenvalue weighted by Gasteiger charge is 2.17. The Kier molecular flexibility index (Phi) is 4.83. The molecule has 1 atom stereocenters. The highest BCUT2D eigenvalue weighted by molar-refractivity contribution is 8.06. The molecule has 1 unspecified atom stereocenters. The van der Waals surface area contributed by atoms with Crippen molar-refractivity contribution in [3.05, 3.63) is 29.3 Å². The molecule has 1 aromatic carbocycles. The van der Waals surface area contributed by atoms with Gasteiger partial charge in [0.2, 0.25) is 0 Å². The molecule has 1 aromatic rings. The Morgan fingerprint density at radius 1 is 1.50 bits per heavy atom. The van der Waals surface area contributed by atoms with E-state index in [4.69, 9.17) is 5.73 Å². The Morgan fingerprint density at radius 3 is 3.00 bits per heavy atom. The van der Waals surface area contributed by atoms with Crippen LogP contribution in [-0.4, -0.2) is 35.0 Å². The molecule has 0 radical (unpaired) electrons. The first kappa shape index (κ1) is 13.6. The highest BCUT2D eigenvalue weighted by Crippen LogP contribution is 2.23. The van der Waals surface area contributed by atoms with E-state index >= 15 is 0 Å². The van der Waals surface area contributed by atoms with Gasteiger partial charge in [-0.2, -0.15) is 23.5 Å². The minimum Gasteiger partial charge on any atom is -0.398 e. The van der Waals surface area contributed by atoms with Gasteiger partial charge in [-0.15, -0.1) is 0 Å². The average molecular weight is 282 g/mol. The van der Waals surface area contributed by atoms with Crippen LogP contribution in [0.1, 0.15) is 15.9 Å². The number of aryl methyl sites for hydroxylation is 1. The minimum absolute atomic E-state index is 0.0539. The van der Waals surface area contributed by atoms with Crippen molar-refractivity contribution in [1.29, 1.82) is 0 Å². The normalized spacial score (nSPS) is 19.5. The highest BCUT2D eigenvalue weighted by atomic mass is 32.2. The van der Waals surface area contributed by atoms with Gasteiger partial charge in [-0.25, -0.2) is 0 Å². The van der Waals surface area contributed by atoms with E-state index in [2.05, 4.69) is 5.32 Å². The summed E-state index contributed by atoms with van der Waals surface area (Å²) in [5, 5.41) is 3.52. The maximum atomic E-state index is 12.1. The Balaban J connectivity index is 1.95. The number of amides is 1. The number of thioether (sulfide) groups is 2. The first-order valence-electron chi connectivity index (χ1n) is 6.01. The molecule has 1 aliphatic rings. The molecule has 1 fully saturated rings. The topological polar surface area (TPSA) is 55.1 Å². The lowest BCUT2D eigenvalue weighted by Gasteiger charge is -2.21. The monoisotopic (exact) mass is 282 g/mol. The molecule has 0 saturated carbocycles. The van der Waals surface area contributed by atoms with Gasteiger partial charge in [0.05, 0.1) is 5.56 Å². The largest absolute Gasteiger partial charge is 0.398 e. The number of nitrogen functional groups attached to an aromatic ring is 1. The van der Waals surface area contributed by atoms with E-state index < -0.39 is 0 Å². The van der Waals surface area contributed by atoms with Gasteiger partial charge in [0, 0.05) is 34.7 Å². The summed E-state index contributed by atoms with van der Waals surface area (Å²) >= 11 is 3.90. The van der Waals surface area contributed by atoms with Gasteiger partial charge < -0.3 is 11.1 Å². The van der Waals surface area contributed by atoms with E-state index in [1.54, 1.807) is 6.07 Å². The number of rotatable bonds is 3. The Labute approximate surface area is 116 Å². The molecule has 5 heteroatoms. The standard InChI is InChI=1S/C13H18N2OS2/c1-9-3-2-4-11(14)12(9)13(16)15-7-10-8-17-5-6-18-10/h2-4,10H,5-8,14H2,1H3,(H,15,16). The van der Waals surface area contributed by atoms with E-state index in [1.165, 1.54) is 11.5 Å². The van der Waals surface area contributed by atoms with Gasteiger partial charge in [-0.1, -0.05) is 12.1 Å². The second-order valence-electron chi connectivity index (χ2n) is 4.32. The van der Waals surface area contributed by atoms with Gasteiger partial charge in [-0.05, 0) is 18.6 Å². The van der Waals surface area contributed by atoms with Crippen LogP contribution in [0.4, 0.5) is 5.69 Å². The molecule has 1 amide bonds. The van der Waals surface area contributed by atoms with Crippen molar-refractivity contribution in [3.63, 3.8) is 0 Å². The van der Waals surface area contributed by atoms with E-state index in [1.807, 2.05) is 42.6 Å². The molecular formula is C13H18N2OS2. The third kappa shape index (κ3) is 3.36. The molecule has 3 N–H and O–H groups in total. The second-order valence-corrected chi connectivity index (χ2v) is 6.87. The zero-order valence-corrected chi connectivity index (χ0v) is 12.1. The fourth-order valence-electron chi connectivity index (χ4n) is 1.95. The van der Waals surface area contributed by atoms with Crippen LogP contribution in [0.25, 0.3) is 0 Å². The van der Waals surface area contributed by atoms with Gasteiger partial charge >= 0.3 is 0 Å². The molecule has 3 nitrogen and oxygen atoms in total. The van der Waals surface area contributed by atoms with Crippen LogP contribution in [-0.2, 0) is 0 Å². The number of nitrogens with two attached hydrogens (primary N) is 1. The summed E-state index contributed by atoms with van der Waals surface area (Å²) in [6.07, 6.45) is 0. The molecule has 0 aromatic heterocycles. The summed E-state index contributed by atoms with van der Waals surface area (Å²) in [5.74, 6) is 3.47. The molecule has 1 saturated heterocycles. The second kappa shape index (κ2) is 6.38. The molecule has 1 aliphatic heterocycles. The van der Waals surface area contributed by atoms with Crippen molar-refractivity contribution in [2.45, 2.75) is 12.2 Å². The van der Waals surface area contributed by atoms with Crippen LogP contribution >= 0.6 is 23.5 Å². The number of hydrogen-bond donors (Lipinski definition) is 2. The molecule has 18 heavy (non-hydrogen) atoms. The molecular weight excluding hydrogens is 264 g/mol. The summed E-state index contributed by atoms with van der Waals surface area (Å²) < 4.78 is 0. The van der Waals surface area contributed by atoms with Crippen molar-refractivity contribution in [2.24, 2.45) is 0 Å². The number of carbonyl (C=O) groups excluding carboxylic acids is 1. The fraction of sp³-hybridized carbons (Fsp3) is 0.462. The first-order valence-corrected chi connectivity index (χ1v) is 8.21. The predicted molar refractivity (Wildman–Crippen MR) is 81.5 cm³/mol. The third-order valence-electron chi connectivity index (χ3n) is 2.91. The lowest BCUT2D eigenvalue weighted by Crippen LogP contribution is -2.34. The Bertz CT molecular complexity index is 411. The van der Waals surface area contributed by atoms with E-state index in [9.17, 15) is 4.79 Å². The molecule has 1 heterocycles. The number of hydrogen-bond acceptors (Lipinski definition) is 4. The Morgan fingerprint density at radius 2 is 2.33 bits per heavy atom. The summed E-state index contributed by atoms with van der Waals surface area (Å²) in [5.41, 5.74) is 7.96. The number of benzene rings is 1. The number of nitrogens with one attached hydrogen (secondary N) is 1. The van der Waals surface area contributed by atoms with Gasteiger partial charge in [0.25, 0.3) is 5.91 Å². The zero-order valence-electron chi connectivity index (χ0n) is 10.4. The van der Waals surface area contributed by atoms with Crippen LogP contribution < -0.4 is 11.1 Å². The number of carbonyl (C=O) groups is 1. The van der Waals surface area contributed by atoms with Gasteiger partial charge in [-0.3, -0.25) is 4.79 Å². The molecule has 0 spiro atoms. The van der Waals surface area contributed by atoms with E-state index in [0.29, 0.717) is 16.5 Å². The van der Waals surface area contributed by atoms with Crippen LogP contribution in [0.5, 0.6) is 0 Å². The summed E-state index contributed by atoms with van der Waals surface area (Å²) in [6.45, 7) is 2.64. The van der Waals surface area contributed by atoms with Crippen molar-refractivity contribution in [2.75, 3.05) is 29.5 Å². The molecule has 98 valence electrons. The minimum atomic E-state index is -0.0539. The third-order valence-corrected chi connectivity index (χ3v) is 5.75. The predicted octanol–water partition coefficient (Wildman–Crippen LogP) is 2.16. The molecule has 2 rings (SSSR count). The summed E-state index contributed by atoms with van der Waals surface area (Å²) in [7, 11) is 0. The zero-order chi connectivity index (χ0) is 13.0. The molecule has 0 bridgehead atoms. The maximum Gasteiger partial charge on any atom is 0.253 e. The van der Waals surface area contributed by atoms with Crippen LogP contribution in [0.2, 0.25) is 0 Å². The summed E-state index contributed by atoms with van der Waals surface area (Å²) in [6, 6.07) is 5.55. The smallest absolute Gasteiger partial charge is 0.253 e. The van der Waals surface area contributed by atoms with Crippen LogP contribution in [0.15, 0.2) is 18.2 Å². The average Bonchev–Trinajstić information content (AvgIpc) is 2.37. The van der Waals surface area contributed by atoms with Gasteiger partial charge in [0.15, 0.2) is 0 Å². The lowest BCUT2D eigenvalue weighted by atomic mass is 10.1. The SMILES string of the molecule is Cc1cccc(N)c1C(=O)NCC1CSCCS1. The first-order chi connectivity index (χ1) is 8.68. The quantitative estimate of drug-likeness (QED) is 0.834. The van der Waals surface area contributed by atoms with E-state index in [-0.39, 0.29) is 5.91 Å². The maximum absolute atomic E-state index is 12.1.